The summed E-state index contributed by atoms with van der Waals surface area (Å²) in [5.74, 6) is -0.0256. The maximum Gasteiger partial charge on any atom is 0.240 e. The van der Waals surface area contributed by atoms with Crippen molar-refractivity contribution in [3.8, 4) is 0 Å². The minimum Gasteiger partial charge on any atom is -0.360 e. The minimum atomic E-state index is -1.28. The molecule has 2 aromatic rings. The third kappa shape index (κ3) is 3.98. The predicted molar refractivity (Wildman–Crippen MR) is 91.2 cm³/mol. The van der Waals surface area contributed by atoms with Crippen LogP contribution < -0.4 is 10.6 Å². The third-order valence-corrected chi connectivity index (χ3v) is 4.03. The van der Waals surface area contributed by atoms with Crippen molar-refractivity contribution in [1.29, 1.82) is 0 Å². The molecule has 122 valence electrons. The summed E-state index contributed by atoms with van der Waals surface area (Å²) >= 11 is 3.40. The Kier molecular flexibility index (Phi) is 4.89. The van der Waals surface area contributed by atoms with Gasteiger partial charge in [-0.15, -0.1) is 0 Å². The van der Waals surface area contributed by atoms with Gasteiger partial charge in [-0.1, -0.05) is 11.2 Å². The van der Waals surface area contributed by atoms with Gasteiger partial charge in [0.05, 0.1) is 5.69 Å². The van der Waals surface area contributed by atoms with Crippen LogP contribution in [0, 0.1) is 19.3 Å². The van der Waals surface area contributed by atoms with E-state index in [9.17, 15) is 9.59 Å². The molecule has 2 rings (SSSR count). The van der Waals surface area contributed by atoms with Gasteiger partial charge in [0.25, 0.3) is 0 Å². The lowest BCUT2D eigenvalue weighted by atomic mass is 9.91. The highest BCUT2D eigenvalue weighted by atomic mass is 79.9. The summed E-state index contributed by atoms with van der Waals surface area (Å²) < 4.78 is 5.65. The summed E-state index contributed by atoms with van der Waals surface area (Å²) in [6.07, 6.45) is 0. The molecule has 0 aliphatic rings. The lowest BCUT2D eigenvalue weighted by Gasteiger charge is -2.22. The zero-order chi connectivity index (χ0) is 17.2. The number of benzene rings is 1. The van der Waals surface area contributed by atoms with Crippen LogP contribution in [0.3, 0.4) is 0 Å². The molecule has 1 aromatic carbocycles. The first kappa shape index (κ1) is 17.2. The van der Waals surface area contributed by atoms with E-state index in [0.717, 1.165) is 10.0 Å². The fraction of sp³-hybridized carbons (Fsp3) is 0.312. The Bertz CT molecular complexity index is 753. The first-order chi connectivity index (χ1) is 10.7. The lowest BCUT2D eigenvalue weighted by molar-refractivity contribution is -0.135. The van der Waals surface area contributed by atoms with Gasteiger partial charge >= 0.3 is 0 Å². The van der Waals surface area contributed by atoms with Crippen LogP contribution in [0.25, 0.3) is 0 Å². The largest absolute Gasteiger partial charge is 0.360 e. The maximum atomic E-state index is 12.5. The molecule has 0 atom stereocenters. The van der Waals surface area contributed by atoms with Crippen LogP contribution in [0.5, 0.6) is 0 Å². The van der Waals surface area contributed by atoms with Crippen molar-refractivity contribution in [3.63, 3.8) is 0 Å². The maximum absolute atomic E-state index is 12.5. The molecule has 0 unspecified atom stereocenters. The highest BCUT2D eigenvalue weighted by Gasteiger charge is 2.36. The van der Waals surface area contributed by atoms with Crippen LogP contribution in [0.1, 0.15) is 25.2 Å². The van der Waals surface area contributed by atoms with Crippen molar-refractivity contribution in [1.82, 2.24) is 5.16 Å². The summed E-state index contributed by atoms with van der Waals surface area (Å²) in [5.41, 5.74) is 0.393. The molecule has 6 nitrogen and oxygen atoms in total. The first-order valence-corrected chi connectivity index (χ1v) is 7.82. The molecule has 0 saturated heterocycles. The Morgan fingerprint density at radius 1 is 1.13 bits per heavy atom. The van der Waals surface area contributed by atoms with Gasteiger partial charge in [0, 0.05) is 10.5 Å². The molecule has 0 bridgehead atoms. The number of nitrogens with zero attached hydrogens (tertiary/aromatic N) is 1. The zero-order valence-corrected chi connectivity index (χ0v) is 14.9. The van der Waals surface area contributed by atoms with Crippen LogP contribution in [0.4, 0.5) is 11.5 Å². The van der Waals surface area contributed by atoms with Gasteiger partial charge in [-0.25, -0.2) is 0 Å². The van der Waals surface area contributed by atoms with Crippen LogP contribution in [-0.2, 0) is 9.59 Å². The SMILES string of the molecule is Cc1ccc(NC(=O)C(C)(C)C(=O)Nc2cc(C)on2)c(Br)c1. The number of anilines is 2. The number of amides is 2. The molecule has 0 radical (unpaired) electrons. The van der Waals surface area contributed by atoms with Crippen molar-refractivity contribution >= 4 is 39.2 Å². The number of carbonyl (C=O) groups excluding carboxylic acids is 2. The topological polar surface area (TPSA) is 84.2 Å². The zero-order valence-electron chi connectivity index (χ0n) is 13.4. The monoisotopic (exact) mass is 379 g/mol. The highest BCUT2D eigenvalue weighted by molar-refractivity contribution is 9.10. The van der Waals surface area contributed by atoms with E-state index < -0.39 is 17.2 Å². The van der Waals surface area contributed by atoms with E-state index in [4.69, 9.17) is 4.52 Å². The lowest BCUT2D eigenvalue weighted by Crippen LogP contribution is -2.41. The van der Waals surface area contributed by atoms with Crippen molar-refractivity contribution in [2.24, 2.45) is 5.41 Å². The number of rotatable bonds is 4. The average Bonchev–Trinajstić information content (AvgIpc) is 2.87. The Morgan fingerprint density at radius 2 is 1.78 bits per heavy atom. The molecule has 23 heavy (non-hydrogen) atoms. The van der Waals surface area contributed by atoms with Gasteiger partial charge in [0.15, 0.2) is 5.82 Å². The average molecular weight is 380 g/mol. The summed E-state index contributed by atoms with van der Waals surface area (Å²) in [7, 11) is 0. The number of halogens is 1. The fourth-order valence-electron chi connectivity index (χ4n) is 1.80. The molecule has 1 heterocycles. The molecular formula is C16H18BrN3O3. The molecule has 2 N–H and O–H groups in total. The molecule has 0 spiro atoms. The van der Waals surface area contributed by atoms with E-state index in [2.05, 4.69) is 31.7 Å². The Labute approximate surface area is 142 Å². The van der Waals surface area contributed by atoms with E-state index in [1.165, 1.54) is 0 Å². The summed E-state index contributed by atoms with van der Waals surface area (Å²) in [6.45, 7) is 6.77. The molecule has 0 fully saturated rings. The number of carbonyl (C=O) groups is 2. The van der Waals surface area contributed by atoms with Crippen LogP contribution in [0.2, 0.25) is 0 Å². The van der Waals surface area contributed by atoms with E-state index >= 15 is 0 Å². The molecule has 0 aliphatic heterocycles. The molecular weight excluding hydrogens is 362 g/mol. The first-order valence-electron chi connectivity index (χ1n) is 7.02. The summed E-state index contributed by atoms with van der Waals surface area (Å²) in [5, 5.41) is 9.03. The molecule has 2 amide bonds. The van der Waals surface area contributed by atoms with Gasteiger partial charge in [-0.2, -0.15) is 0 Å². The highest BCUT2D eigenvalue weighted by Crippen LogP contribution is 2.27. The van der Waals surface area contributed by atoms with E-state index in [1.807, 2.05) is 19.1 Å². The number of aryl methyl sites for hydroxylation is 2. The van der Waals surface area contributed by atoms with Gasteiger partial charge in [0.1, 0.15) is 11.2 Å². The third-order valence-electron chi connectivity index (χ3n) is 3.38. The van der Waals surface area contributed by atoms with E-state index in [1.54, 1.807) is 32.9 Å². The minimum absolute atomic E-state index is 0.282. The van der Waals surface area contributed by atoms with Crippen molar-refractivity contribution in [3.05, 3.63) is 40.1 Å². The van der Waals surface area contributed by atoms with Gasteiger partial charge in [-0.05, 0) is 61.3 Å². The number of hydrogen-bond donors (Lipinski definition) is 2. The van der Waals surface area contributed by atoms with Gasteiger partial charge in [-0.3, -0.25) is 9.59 Å². The Morgan fingerprint density at radius 3 is 2.35 bits per heavy atom. The Hall–Kier alpha value is -2.15. The molecule has 1 aromatic heterocycles. The van der Waals surface area contributed by atoms with Crippen LogP contribution in [-0.4, -0.2) is 17.0 Å². The second-order valence-electron chi connectivity index (χ2n) is 5.84. The van der Waals surface area contributed by atoms with E-state index in [0.29, 0.717) is 11.4 Å². The van der Waals surface area contributed by atoms with Gasteiger partial charge < -0.3 is 15.2 Å². The van der Waals surface area contributed by atoms with Crippen molar-refractivity contribution < 1.29 is 14.1 Å². The van der Waals surface area contributed by atoms with Gasteiger partial charge in [0.2, 0.25) is 11.8 Å². The second-order valence-corrected chi connectivity index (χ2v) is 6.69. The number of hydrogen-bond acceptors (Lipinski definition) is 4. The van der Waals surface area contributed by atoms with E-state index in [-0.39, 0.29) is 5.82 Å². The molecule has 7 heteroatoms. The quantitative estimate of drug-likeness (QED) is 0.793. The number of aromatic nitrogens is 1. The van der Waals surface area contributed by atoms with Crippen LogP contribution in [0.15, 0.2) is 33.3 Å². The molecule has 0 saturated carbocycles. The van der Waals surface area contributed by atoms with Crippen molar-refractivity contribution in [2.75, 3.05) is 10.6 Å². The van der Waals surface area contributed by atoms with Crippen molar-refractivity contribution in [2.45, 2.75) is 27.7 Å². The normalized spacial score (nSPS) is 11.2. The standard InChI is InChI=1S/C16H18BrN3O3/c1-9-5-6-12(11(17)7-9)18-14(21)16(3,4)15(22)19-13-8-10(2)23-20-13/h5-8H,1-4H3,(H,18,21)(H,19,20,22). The molecule has 0 aliphatic carbocycles. The smallest absolute Gasteiger partial charge is 0.240 e. The summed E-state index contributed by atoms with van der Waals surface area (Å²) in [6, 6.07) is 7.14. The Balaban J connectivity index is 2.11. The number of nitrogens with one attached hydrogen (secondary N) is 2. The summed E-state index contributed by atoms with van der Waals surface area (Å²) in [4.78, 5) is 24.8. The fourth-order valence-corrected chi connectivity index (χ4v) is 2.39. The second kappa shape index (κ2) is 6.54. The van der Waals surface area contributed by atoms with Crippen LogP contribution >= 0.6 is 15.9 Å². The predicted octanol–water partition coefficient (Wildman–Crippen LogP) is 3.66.